The maximum atomic E-state index is 9.67. The van der Waals surface area contributed by atoms with Gasteiger partial charge in [-0.1, -0.05) is 6.92 Å². The molecule has 2 unspecified atom stereocenters. The predicted octanol–water partition coefficient (Wildman–Crippen LogP) is 0.773. The number of aromatic nitrogens is 2. The molecule has 0 amide bonds. The van der Waals surface area contributed by atoms with Crippen LogP contribution in [0.25, 0.3) is 0 Å². The molecule has 0 fully saturated rings. The lowest BCUT2D eigenvalue weighted by molar-refractivity contribution is 0.175. The summed E-state index contributed by atoms with van der Waals surface area (Å²) in [7, 11) is 0. The van der Waals surface area contributed by atoms with Crippen LogP contribution in [0, 0.1) is 0 Å². The zero-order chi connectivity index (χ0) is 10.1. The molecule has 0 saturated carbocycles. The van der Waals surface area contributed by atoms with E-state index in [4.69, 9.17) is 5.73 Å². The molecule has 1 aromatic rings. The number of nitrogens with two attached hydrogens (primary N) is 1. The highest BCUT2D eigenvalue weighted by molar-refractivity contribution is 5.13. The van der Waals surface area contributed by atoms with Gasteiger partial charge in [-0.2, -0.15) is 0 Å². The van der Waals surface area contributed by atoms with Crippen molar-refractivity contribution in [2.45, 2.75) is 38.3 Å². The van der Waals surface area contributed by atoms with Gasteiger partial charge in [-0.05, 0) is 12.8 Å². The van der Waals surface area contributed by atoms with Crippen LogP contribution in [-0.2, 0) is 6.54 Å². The highest BCUT2D eigenvalue weighted by atomic mass is 16.3. The van der Waals surface area contributed by atoms with E-state index in [1.807, 2.05) is 0 Å². The van der Waals surface area contributed by atoms with Crippen LogP contribution in [0.3, 0.4) is 0 Å². The summed E-state index contributed by atoms with van der Waals surface area (Å²) in [5.41, 5.74) is 6.31. The molecule has 2 atom stereocenters. The molecule has 0 saturated heterocycles. The Bertz CT molecular complexity index is 321. The Hall–Kier alpha value is -0.870. The van der Waals surface area contributed by atoms with E-state index in [2.05, 4.69) is 16.5 Å². The Morgan fingerprint density at radius 2 is 2.57 bits per heavy atom. The van der Waals surface area contributed by atoms with Crippen LogP contribution in [0.1, 0.15) is 43.3 Å². The first-order chi connectivity index (χ1) is 6.74. The Kier molecular flexibility index (Phi) is 2.56. The fourth-order valence-corrected chi connectivity index (χ4v) is 2.11. The van der Waals surface area contributed by atoms with Crippen LogP contribution < -0.4 is 5.73 Å². The molecule has 1 aromatic heterocycles. The number of fused-ring (bicyclic) bond motifs is 1. The van der Waals surface area contributed by atoms with E-state index in [1.54, 1.807) is 6.20 Å². The van der Waals surface area contributed by atoms with E-state index in [0.29, 0.717) is 5.92 Å². The van der Waals surface area contributed by atoms with Crippen LogP contribution >= 0.6 is 0 Å². The molecule has 14 heavy (non-hydrogen) atoms. The lowest BCUT2D eigenvalue weighted by Gasteiger charge is -2.22. The molecule has 2 heterocycles. The summed E-state index contributed by atoms with van der Waals surface area (Å²) in [4.78, 5) is 4.35. The van der Waals surface area contributed by atoms with Gasteiger partial charge in [0.2, 0.25) is 0 Å². The molecule has 0 aromatic carbocycles. The van der Waals surface area contributed by atoms with Gasteiger partial charge in [0, 0.05) is 19.0 Å². The average Bonchev–Trinajstić information content (AvgIpc) is 2.62. The molecule has 3 N–H and O–H groups in total. The first-order valence-corrected chi connectivity index (χ1v) is 5.17. The molecule has 2 rings (SSSR count). The van der Waals surface area contributed by atoms with Crippen molar-refractivity contribution in [1.29, 1.82) is 0 Å². The number of rotatable bonds is 2. The molecule has 0 radical (unpaired) electrons. The maximum absolute atomic E-state index is 9.67. The predicted molar refractivity (Wildman–Crippen MR) is 53.9 cm³/mol. The molecule has 4 nitrogen and oxygen atoms in total. The van der Waals surface area contributed by atoms with Crippen molar-refractivity contribution in [3.8, 4) is 0 Å². The van der Waals surface area contributed by atoms with Crippen molar-refractivity contribution < 1.29 is 5.11 Å². The number of aliphatic hydroxyl groups excluding tert-OH is 1. The minimum absolute atomic E-state index is 0.263. The SMILES string of the molecule is CC1CCCn2c(C(O)CN)cnc21. The number of aliphatic hydroxyl groups is 1. The second-order valence-electron chi connectivity index (χ2n) is 3.99. The Balaban J connectivity index is 2.35. The third-order valence-electron chi connectivity index (χ3n) is 2.94. The molecule has 0 spiro atoms. The van der Waals surface area contributed by atoms with Crippen LogP contribution in [0.15, 0.2) is 6.20 Å². The molecule has 4 heteroatoms. The zero-order valence-corrected chi connectivity index (χ0v) is 8.48. The van der Waals surface area contributed by atoms with Gasteiger partial charge < -0.3 is 15.4 Å². The minimum atomic E-state index is -0.568. The summed E-state index contributed by atoms with van der Waals surface area (Å²) in [5, 5.41) is 9.67. The summed E-state index contributed by atoms with van der Waals surface area (Å²) >= 11 is 0. The van der Waals surface area contributed by atoms with Gasteiger partial charge in [-0.25, -0.2) is 4.98 Å². The van der Waals surface area contributed by atoms with Crippen LogP contribution in [-0.4, -0.2) is 21.2 Å². The smallest absolute Gasteiger partial charge is 0.111 e. The average molecular weight is 195 g/mol. The molecule has 1 aliphatic heterocycles. The fourth-order valence-electron chi connectivity index (χ4n) is 2.11. The molecule has 0 bridgehead atoms. The Morgan fingerprint density at radius 1 is 1.79 bits per heavy atom. The standard InChI is InChI=1S/C10H17N3O/c1-7-3-2-4-13-8(9(14)5-11)6-12-10(7)13/h6-7,9,14H,2-5,11H2,1H3. The molecule has 78 valence electrons. The van der Waals surface area contributed by atoms with E-state index < -0.39 is 6.10 Å². The highest BCUT2D eigenvalue weighted by Crippen LogP contribution is 2.28. The van der Waals surface area contributed by atoms with Crippen molar-refractivity contribution in [2.75, 3.05) is 6.54 Å². The Labute approximate surface area is 83.8 Å². The lowest BCUT2D eigenvalue weighted by Crippen LogP contribution is -2.20. The van der Waals surface area contributed by atoms with E-state index >= 15 is 0 Å². The van der Waals surface area contributed by atoms with Gasteiger partial charge in [0.05, 0.1) is 11.9 Å². The zero-order valence-electron chi connectivity index (χ0n) is 8.48. The van der Waals surface area contributed by atoms with Crippen LogP contribution in [0.5, 0.6) is 0 Å². The second kappa shape index (κ2) is 3.71. The number of hydrogen-bond donors (Lipinski definition) is 2. The van der Waals surface area contributed by atoms with Gasteiger partial charge in [-0.15, -0.1) is 0 Å². The lowest BCUT2D eigenvalue weighted by atomic mass is 10.0. The first kappa shape index (κ1) is 9.68. The first-order valence-electron chi connectivity index (χ1n) is 5.17. The number of imidazole rings is 1. The van der Waals surface area contributed by atoms with Gasteiger partial charge in [-0.3, -0.25) is 0 Å². The van der Waals surface area contributed by atoms with Crippen molar-refractivity contribution in [1.82, 2.24) is 9.55 Å². The fraction of sp³-hybridized carbons (Fsp3) is 0.700. The van der Waals surface area contributed by atoms with Gasteiger partial charge in [0.25, 0.3) is 0 Å². The van der Waals surface area contributed by atoms with Gasteiger partial charge >= 0.3 is 0 Å². The third kappa shape index (κ3) is 1.44. The minimum Gasteiger partial charge on any atom is -0.385 e. The van der Waals surface area contributed by atoms with Gasteiger partial charge in [0.1, 0.15) is 11.9 Å². The van der Waals surface area contributed by atoms with Crippen molar-refractivity contribution in [3.63, 3.8) is 0 Å². The summed E-state index contributed by atoms with van der Waals surface area (Å²) in [5.74, 6) is 1.60. The largest absolute Gasteiger partial charge is 0.385 e. The van der Waals surface area contributed by atoms with Crippen molar-refractivity contribution in [2.24, 2.45) is 5.73 Å². The molecular weight excluding hydrogens is 178 g/mol. The molecule has 0 aliphatic carbocycles. The van der Waals surface area contributed by atoms with E-state index in [1.165, 1.54) is 6.42 Å². The third-order valence-corrected chi connectivity index (χ3v) is 2.94. The number of nitrogens with zero attached hydrogens (tertiary/aromatic N) is 2. The topological polar surface area (TPSA) is 64.1 Å². The quantitative estimate of drug-likeness (QED) is 0.732. The monoisotopic (exact) mass is 195 g/mol. The summed E-state index contributed by atoms with van der Waals surface area (Å²) in [6.45, 7) is 3.40. The van der Waals surface area contributed by atoms with E-state index in [-0.39, 0.29) is 6.54 Å². The van der Waals surface area contributed by atoms with E-state index in [0.717, 1.165) is 24.5 Å². The number of hydrogen-bond acceptors (Lipinski definition) is 3. The molecular formula is C10H17N3O. The highest BCUT2D eigenvalue weighted by Gasteiger charge is 2.22. The summed E-state index contributed by atoms with van der Waals surface area (Å²) < 4.78 is 2.12. The summed E-state index contributed by atoms with van der Waals surface area (Å²) in [6.07, 6.45) is 3.54. The molecule has 1 aliphatic rings. The van der Waals surface area contributed by atoms with Crippen LogP contribution in [0.2, 0.25) is 0 Å². The van der Waals surface area contributed by atoms with Crippen molar-refractivity contribution in [3.05, 3.63) is 17.7 Å². The van der Waals surface area contributed by atoms with E-state index in [9.17, 15) is 5.11 Å². The second-order valence-corrected chi connectivity index (χ2v) is 3.99. The van der Waals surface area contributed by atoms with Gasteiger partial charge in [0.15, 0.2) is 0 Å². The normalized spacial score (nSPS) is 23.2. The van der Waals surface area contributed by atoms with Crippen LogP contribution in [0.4, 0.5) is 0 Å². The Morgan fingerprint density at radius 3 is 3.29 bits per heavy atom. The van der Waals surface area contributed by atoms with Crippen molar-refractivity contribution >= 4 is 0 Å². The maximum Gasteiger partial charge on any atom is 0.111 e. The summed E-state index contributed by atoms with van der Waals surface area (Å²) in [6, 6.07) is 0.